The van der Waals surface area contributed by atoms with Gasteiger partial charge in [-0.15, -0.1) is 0 Å². The number of rotatable bonds is 3. The fourth-order valence-electron chi connectivity index (χ4n) is 2.97. The van der Waals surface area contributed by atoms with Crippen molar-refractivity contribution in [3.8, 4) is 11.5 Å². The van der Waals surface area contributed by atoms with Gasteiger partial charge in [-0.3, -0.25) is 4.79 Å². The lowest BCUT2D eigenvalue weighted by Crippen LogP contribution is -2.03. The molecule has 0 saturated heterocycles. The normalized spacial score (nSPS) is 11.3. The van der Waals surface area contributed by atoms with Crippen LogP contribution < -0.4 is 0 Å². The first-order valence-electron chi connectivity index (χ1n) is 7.76. The Balaban J connectivity index is 1.82. The van der Waals surface area contributed by atoms with Gasteiger partial charge in [0, 0.05) is 24.1 Å². The standard InChI is InChI=1S/C19H15FN2O3/c1-22-10-14(13-9-12(20)4-6-16(13)22)19-21-15-5-3-11(7-17(15)25-19)8-18(23)24-2/h3-7,9-10H,8H2,1-2H3. The van der Waals surface area contributed by atoms with E-state index in [0.29, 0.717) is 17.0 Å². The van der Waals surface area contributed by atoms with E-state index in [1.54, 1.807) is 18.2 Å². The van der Waals surface area contributed by atoms with Gasteiger partial charge in [-0.2, -0.15) is 0 Å². The first-order valence-corrected chi connectivity index (χ1v) is 7.76. The highest BCUT2D eigenvalue weighted by molar-refractivity contribution is 5.95. The smallest absolute Gasteiger partial charge is 0.309 e. The molecule has 0 aliphatic carbocycles. The first kappa shape index (κ1) is 15.4. The van der Waals surface area contributed by atoms with Crippen LogP contribution in [0.25, 0.3) is 33.5 Å². The molecule has 2 aromatic heterocycles. The number of methoxy groups -OCH3 is 1. The number of carbonyl (C=O) groups excluding carboxylic acids is 1. The fraction of sp³-hybridized carbons (Fsp3) is 0.158. The summed E-state index contributed by atoms with van der Waals surface area (Å²) >= 11 is 0. The van der Waals surface area contributed by atoms with Crippen molar-refractivity contribution < 1.29 is 18.3 Å². The number of carbonyl (C=O) groups is 1. The third kappa shape index (κ3) is 2.65. The van der Waals surface area contributed by atoms with Crippen LogP contribution in [-0.4, -0.2) is 22.6 Å². The maximum Gasteiger partial charge on any atom is 0.309 e. The SMILES string of the molecule is COC(=O)Cc1ccc2nc(-c3cn(C)c4ccc(F)cc34)oc2c1. The molecule has 4 rings (SSSR count). The summed E-state index contributed by atoms with van der Waals surface area (Å²) in [5.74, 6) is -0.207. The minimum atomic E-state index is -0.316. The second-order valence-electron chi connectivity index (χ2n) is 5.89. The Morgan fingerprint density at radius 3 is 2.92 bits per heavy atom. The van der Waals surface area contributed by atoms with Gasteiger partial charge in [0.25, 0.3) is 0 Å². The minimum Gasteiger partial charge on any atom is -0.469 e. The highest BCUT2D eigenvalue weighted by Crippen LogP contribution is 2.32. The van der Waals surface area contributed by atoms with E-state index in [1.165, 1.54) is 19.2 Å². The van der Waals surface area contributed by atoms with E-state index in [1.807, 2.05) is 23.9 Å². The van der Waals surface area contributed by atoms with Gasteiger partial charge in [0.1, 0.15) is 11.3 Å². The van der Waals surface area contributed by atoms with E-state index < -0.39 is 0 Å². The van der Waals surface area contributed by atoms with Crippen LogP contribution >= 0.6 is 0 Å². The third-order valence-corrected chi connectivity index (χ3v) is 4.21. The van der Waals surface area contributed by atoms with E-state index in [2.05, 4.69) is 9.72 Å². The van der Waals surface area contributed by atoms with Gasteiger partial charge in [-0.05, 0) is 35.9 Å². The molecule has 0 aliphatic rings. The predicted octanol–water partition coefficient (Wildman–Crippen LogP) is 3.84. The lowest BCUT2D eigenvalue weighted by atomic mass is 10.1. The van der Waals surface area contributed by atoms with E-state index in [4.69, 9.17) is 4.42 Å². The molecule has 126 valence electrons. The quantitative estimate of drug-likeness (QED) is 0.533. The molecule has 0 fully saturated rings. The van der Waals surface area contributed by atoms with Gasteiger partial charge in [-0.25, -0.2) is 9.37 Å². The number of esters is 1. The molecule has 0 N–H and O–H groups in total. The van der Waals surface area contributed by atoms with Crippen LogP contribution in [0, 0.1) is 5.82 Å². The Morgan fingerprint density at radius 2 is 2.12 bits per heavy atom. The molecule has 0 unspecified atom stereocenters. The molecule has 6 heteroatoms. The number of nitrogens with zero attached hydrogens (tertiary/aromatic N) is 2. The van der Waals surface area contributed by atoms with Crippen molar-refractivity contribution in [3.05, 3.63) is 54.0 Å². The molecule has 25 heavy (non-hydrogen) atoms. The third-order valence-electron chi connectivity index (χ3n) is 4.21. The van der Waals surface area contributed by atoms with Gasteiger partial charge >= 0.3 is 5.97 Å². The summed E-state index contributed by atoms with van der Waals surface area (Å²) in [7, 11) is 3.24. The van der Waals surface area contributed by atoms with Crippen molar-refractivity contribution in [1.82, 2.24) is 9.55 Å². The largest absolute Gasteiger partial charge is 0.469 e. The van der Waals surface area contributed by atoms with Crippen molar-refractivity contribution in [2.45, 2.75) is 6.42 Å². The number of aryl methyl sites for hydroxylation is 1. The molecule has 0 radical (unpaired) electrons. The number of fused-ring (bicyclic) bond motifs is 2. The summed E-state index contributed by atoms with van der Waals surface area (Å²) in [6.45, 7) is 0. The lowest BCUT2D eigenvalue weighted by molar-refractivity contribution is -0.139. The number of halogens is 1. The zero-order valence-electron chi connectivity index (χ0n) is 13.7. The summed E-state index contributed by atoms with van der Waals surface area (Å²) in [5.41, 5.74) is 3.65. The molecular formula is C19H15FN2O3. The first-order chi connectivity index (χ1) is 12.0. The maximum atomic E-state index is 13.7. The summed E-state index contributed by atoms with van der Waals surface area (Å²) in [4.78, 5) is 15.9. The van der Waals surface area contributed by atoms with Crippen LogP contribution in [0.5, 0.6) is 0 Å². The monoisotopic (exact) mass is 338 g/mol. The van der Waals surface area contributed by atoms with Gasteiger partial charge in [-0.1, -0.05) is 6.07 Å². The second kappa shape index (κ2) is 5.73. The molecule has 0 atom stereocenters. The van der Waals surface area contributed by atoms with Crippen molar-refractivity contribution in [2.24, 2.45) is 7.05 Å². The summed E-state index contributed by atoms with van der Waals surface area (Å²) in [6.07, 6.45) is 2.03. The molecule has 5 nitrogen and oxygen atoms in total. The van der Waals surface area contributed by atoms with E-state index in [0.717, 1.165) is 22.0 Å². The lowest BCUT2D eigenvalue weighted by Gasteiger charge is -1.98. The van der Waals surface area contributed by atoms with Crippen molar-refractivity contribution in [1.29, 1.82) is 0 Å². The van der Waals surface area contributed by atoms with Gasteiger partial charge in [0.15, 0.2) is 5.58 Å². The molecule has 0 amide bonds. The molecule has 4 aromatic rings. The van der Waals surface area contributed by atoms with Crippen molar-refractivity contribution in [2.75, 3.05) is 7.11 Å². The average molecular weight is 338 g/mol. The minimum absolute atomic E-state index is 0.169. The van der Waals surface area contributed by atoms with Gasteiger partial charge in [0.05, 0.1) is 19.1 Å². The molecule has 0 spiro atoms. The second-order valence-corrected chi connectivity index (χ2v) is 5.89. The number of oxazole rings is 1. The van der Waals surface area contributed by atoms with Crippen LogP contribution in [0.1, 0.15) is 5.56 Å². The van der Waals surface area contributed by atoms with Crippen molar-refractivity contribution in [3.63, 3.8) is 0 Å². The molecule has 2 heterocycles. The number of hydrogen-bond acceptors (Lipinski definition) is 4. The van der Waals surface area contributed by atoms with Crippen LogP contribution in [0.2, 0.25) is 0 Å². The Hall–Kier alpha value is -3.15. The van der Waals surface area contributed by atoms with Crippen LogP contribution in [0.15, 0.2) is 47.0 Å². The zero-order valence-corrected chi connectivity index (χ0v) is 13.7. The number of ether oxygens (including phenoxy) is 1. The summed E-state index contributed by atoms with van der Waals surface area (Å²) < 4.78 is 26.1. The Morgan fingerprint density at radius 1 is 1.28 bits per heavy atom. The molecule has 2 aromatic carbocycles. The topological polar surface area (TPSA) is 57.3 Å². The highest BCUT2D eigenvalue weighted by Gasteiger charge is 2.16. The molecular weight excluding hydrogens is 323 g/mol. The molecule has 0 bridgehead atoms. The van der Waals surface area contributed by atoms with Crippen LogP contribution in [-0.2, 0) is 23.0 Å². The van der Waals surface area contributed by atoms with E-state index in [-0.39, 0.29) is 18.2 Å². The Kier molecular flexibility index (Phi) is 3.53. The van der Waals surface area contributed by atoms with Gasteiger partial charge in [0.2, 0.25) is 5.89 Å². The van der Waals surface area contributed by atoms with E-state index >= 15 is 0 Å². The number of benzene rings is 2. The highest BCUT2D eigenvalue weighted by atomic mass is 19.1. The number of hydrogen-bond donors (Lipinski definition) is 0. The Labute approximate surface area is 142 Å². The van der Waals surface area contributed by atoms with Crippen molar-refractivity contribution >= 4 is 28.0 Å². The molecule has 0 saturated carbocycles. The zero-order chi connectivity index (χ0) is 17.6. The average Bonchev–Trinajstić information content (AvgIpc) is 3.15. The maximum absolute atomic E-state index is 13.7. The van der Waals surface area contributed by atoms with E-state index in [9.17, 15) is 9.18 Å². The number of aromatic nitrogens is 2. The summed E-state index contributed by atoms with van der Waals surface area (Å²) in [5, 5.41) is 0.740. The van der Waals surface area contributed by atoms with Gasteiger partial charge < -0.3 is 13.7 Å². The molecule has 0 aliphatic heterocycles. The predicted molar refractivity (Wildman–Crippen MR) is 91.6 cm³/mol. The summed E-state index contributed by atoms with van der Waals surface area (Å²) in [6, 6.07) is 10.0. The van der Waals surface area contributed by atoms with Crippen LogP contribution in [0.4, 0.5) is 4.39 Å². The van der Waals surface area contributed by atoms with Crippen LogP contribution in [0.3, 0.4) is 0 Å². The fourth-order valence-corrected chi connectivity index (χ4v) is 2.97. The Bertz CT molecular complexity index is 1110.